The molecule has 0 aliphatic carbocycles. The maximum atomic E-state index is 13.3. The number of nitrogens with two attached hydrogens (primary N) is 1. The Labute approximate surface area is 127 Å². The Hall–Kier alpha value is -1.07. The number of hydrogen-bond donors (Lipinski definition) is 2. The second-order valence-electron chi connectivity index (χ2n) is 4.47. The van der Waals surface area contributed by atoms with Crippen molar-refractivity contribution in [3.63, 3.8) is 0 Å². The van der Waals surface area contributed by atoms with Crippen LogP contribution in [0.5, 0.6) is 0 Å². The van der Waals surface area contributed by atoms with Gasteiger partial charge in [0.1, 0.15) is 5.82 Å². The molecule has 0 saturated carbocycles. The lowest BCUT2D eigenvalue weighted by molar-refractivity contribution is 0.596. The standard InChI is InChI=1S/C15H16ClFN2S/c1-10-8-11(6-7-13(10)17)14(19-18)9-20-15-5-3-2-4-12(15)16/h2-8,14,19H,9,18H2,1H3. The van der Waals surface area contributed by atoms with Crippen molar-refractivity contribution in [2.75, 3.05) is 5.75 Å². The van der Waals surface area contributed by atoms with Gasteiger partial charge in [-0.15, -0.1) is 11.8 Å². The van der Waals surface area contributed by atoms with Crippen LogP contribution in [0.4, 0.5) is 4.39 Å². The SMILES string of the molecule is Cc1cc(C(CSc2ccccc2Cl)NN)ccc1F. The number of hydrazine groups is 1. The summed E-state index contributed by atoms with van der Waals surface area (Å²) < 4.78 is 13.3. The van der Waals surface area contributed by atoms with Gasteiger partial charge < -0.3 is 0 Å². The van der Waals surface area contributed by atoms with Crippen LogP contribution in [-0.4, -0.2) is 5.75 Å². The molecule has 0 aliphatic rings. The predicted octanol–water partition coefficient (Wildman–Crippen LogP) is 4.08. The third kappa shape index (κ3) is 3.73. The van der Waals surface area contributed by atoms with Crippen molar-refractivity contribution in [1.29, 1.82) is 0 Å². The van der Waals surface area contributed by atoms with E-state index in [2.05, 4.69) is 5.43 Å². The van der Waals surface area contributed by atoms with Gasteiger partial charge in [-0.1, -0.05) is 35.9 Å². The average molecular weight is 311 g/mol. The summed E-state index contributed by atoms with van der Waals surface area (Å²) in [6.07, 6.45) is 0. The molecule has 0 fully saturated rings. The molecule has 1 unspecified atom stereocenters. The number of benzene rings is 2. The Morgan fingerprint density at radius 3 is 2.70 bits per heavy atom. The number of aryl methyl sites for hydroxylation is 1. The van der Waals surface area contributed by atoms with Crippen LogP contribution in [-0.2, 0) is 0 Å². The molecule has 1 atom stereocenters. The van der Waals surface area contributed by atoms with Crippen molar-refractivity contribution in [2.45, 2.75) is 17.9 Å². The highest BCUT2D eigenvalue weighted by Gasteiger charge is 2.12. The van der Waals surface area contributed by atoms with Gasteiger partial charge in [-0.05, 0) is 36.2 Å². The molecule has 3 N–H and O–H groups in total. The van der Waals surface area contributed by atoms with Crippen LogP contribution in [0.2, 0.25) is 5.02 Å². The maximum Gasteiger partial charge on any atom is 0.126 e. The third-order valence-corrected chi connectivity index (χ3v) is 4.64. The maximum absolute atomic E-state index is 13.3. The van der Waals surface area contributed by atoms with Gasteiger partial charge in [-0.3, -0.25) is 11.3 Å². The summed E-state index contributed by atoms with van der Waals surface area (Å²) >= 11 is 7.74. The van der Waals surface area contributed by atoms with Gasteiger partial charge in [0.15, 0.2) is 0 Å². The molecular formula is C15H16ClFN2S. The molecule has 0 aromatic heterocycles. The number of halogens is 2. The Morgan fingerprint density at radius 2 is 2.05 bits per heavy atom. The fourth-order valence-electron chi connectivity index (χ4n) is 1.86. The summed E-state index contributed by atoms with van der Waals surface area (Å²) in [5.74, 6) is 6.11. The molecule has 2 aromatic rings. The van der Waals surface area contributed by atoms with Crippen LogP contribution in [0.1, 0.15) is 17.2 Å². The molecule has 0 radical (unpaired) electrons. The number of rotatable bonds is 5. The van der Waals surface area contributed by atoms with E-state index < -0.39 is 0 Å². The number of nitrogens with one attached hydrogen (secondary N) is 1. The van der Waals surface area contributed by atoms with Crippen molar-refractivity contribution in [2.24, 2.45) is 5.84 Å². The highest BCUT2D eigenvalue weighted by Crippen LogP contribution is 2.30. The van der Waals surface area contributed by atoms with E-state index in [-0.39, 0.29) is 11.9 Å². The van der Waals surface area contributed by atoms with Crippen molar-refractivity contribution in [3.8, 4) is 0 Å². The van der Waals surface area contributed by atoms with E-state index in [4.69, 9.17) is 17.4 Å². The minimum absolute atomic E-state index is 0.0597. The molecule has 0 bridgehead atoms. The summed E-state index contributed by atoms with van der Waals surface area (Å²) in [6, 6.07) is 12.6. The van der Waals surface area contributed by atoms with E-state index in [0.717, 1.165) is 15.5 Å². The van der Waals surface area contributed by atoms with Crippen molar-refractivity contribution in [1.82, 2.24) is 5.43 Å². The van der Waals surface area contributed by atoms with Gasteiger partial charge in [0.25, 0.3) is 0 Å². The van der Waals surface area contributed by atoms with Crippen LogP contribution in [0, 0.1) is 12.7 Å². The van der Waals surface area contributed by atoms with E-state index in [1.54, 1.807) is 24.8 Å². The molecule has 0 spiro atoms. The van der Waals surface area contributed by atoms with Crippen LogP contribution >= 0.6 is 23.4 Å². The number of thioether (sulfide) groups is 1. The molecule has 20 heavy (non-hydrogen) atoms. The monoisotopic (exact) mass is 310 g/mol. The van der Waals surface area contributed by atoms with Gasteiger partial charge in [-0.2, -0.15) is 0 Å². The van der Waals surface area contributed by atoms with Crippen LogP contribution in [0.15, 0.2) is 47.4 Å². The lowest BCUT2D eigenvalue weighted by Gasteiger charge is -2.17. The van der Waals surface area contributed by atoms with Crippen molar-refractivity contribution >= 4 is 23.4 Å². The molecule has 0 aliphatic heterocycles. The van der Waals surface area contributed by atoms with Crippen LogP contribution in [0.3, 0.4) is 0 Å². The molecule has 2 aromatic carbocycles. The molecule has 2 rings (SSSR count). The van der Waals surface area contributed by atoms with Crippen molar-refractivity contribution in [3.05, 3.63) is 64.4 Å². The van der Waals surface area contributed by atoms with E-state index >= 15 is 0 Å². The summed E-state index contributed by atoms with van der Waals surface area (Å²) in [5.41, 5.74) is 4.35. The molecule has 0 saturated heterocycles. The minimum atomic E-state index is -0.205. The topological polar surface area (TPSA) is 38.0 Å². The lowest BCUT2D eigenvalue weighted by Crippen LogP contribution is -2.29. The molecule has 2 nitrogen and oxygen atoms in total. The van der Waals surface area contributed by atoms with Gasteiger partial charge in [0, 0.05) is 10.6 Å². The quantitative estimate of drug-likeness (QED) is 0.496. The smallest absolute Gasteiger partial charge is 0.126 e. The Bertz CT molecular complexity index is 592. The first-order chi connectivity index (χ1) is 9.61. The fraction of sp³-hybridized carbons (Fsp3) is 0.200. The van der Waals surface area contributed by atoms with Gasteiger partial charge in [0.2, 0.25) is 0 Å². The molecule has 5 heteroatoms. The van der Waals surface area contributed by atoms with E-state index in [1.807, 2.05) is 30.3 Å². The molecule has 0 amide bonds. The van der Waals surface area contributed by atoms with E-state index in [1.165, 1.54) is 6.07 Å². The summed E-state index contributed by atoms with van der Waals surface area (Å²) in [5, 5.41) is 0.726. The lowest BCUT2D eigenvalue weighted by atomic mass is 10.1. The van der Waals surface area contributed by atoms with Crippen LogP contribution < -0.4 is 11.3 Å². The zero-order valence-electron chi connectivity index (χ0n) is 11.1. The highest BCUT2D eigenvalue weighted by molar-refractivity contribution is 7.99. The Kier molecular flexibility index (Phi) is 5.43. The largest absolute Gasteiger partial charge is 0.271 e. The molecule has 0 heterocycles. The predicted molar refractivity (Wildman–Crippen MR) is 83.4 cm³/mol. The number of hydrogen-bond acceptors (Lipinski definition) is 3. The zero-order chi connectivity index (χ0) is 14.5. The first kappa shape index (κ1) is 15.3. The van der Waals surface area contributed by atoms with E-state index in [9.17, 15) is 4.39 Å². The minimum Gasteiger partial charge on any atom is -0.271 e. The average Bonchev–Trinajstić information content (AvgIpc) is 2.45. The molecular weight excluding hydrogens is 295 g/mol. The molecule has 106 valence electrons. The fourth-order valence-corrected chi connectivity index (χ4v) is 3.18. The summed E-state index contributed by atoms with van der Waals surface area (Å²) in [6.45, 7) is 1.74. The Balaban J connectivity index is 2.09. The summed E-state index contributed by atoms with van der Waals surface area (Å²) in [4.78, 5) is 1.01. The second-order valence-corrected chi connectivity index (χ2v) is 5.94. The van der Waals surface area contributed by atoms with Crippen LogP contribution in [0.25, 0.3) is 0 Å². The first-order valence-electron chi connectivity index (χ1n) is 6.21. The van der Waals surface area contributed by atoms with Crippen molar-refractivity contribution < 1.29 is 4.39 Å². The van der Waals surface area contributed by atoms with E-state index in [0.29, 0.717) is 11.3 Å². The highest BCUT2D eigenvalue weighted by atomic mass is 35.5. The van der Waals surface area contributed by atoms with Gasteiger partial charge in [-0.25, -0.2) is 4.39 Å². The normalized spacial score (nSPS) is 12.4. The Morgan fingerprint density at radius 1 is 1.30 bits per heavy atom. The zero-order valence-corrected chi connectivity index (χ0v) is 12.6. The second kappa shape index (κ2) is 7.09. The van der Waals surface area contributed by atoms with Gasteiger partial charge >= 0.3 is 0 Å². The third-order valence-electron chi connectivity index (χ3n) is 3.03. The summed E-state index contributed by atoms with van der Waals surface area (Å²) in [7, 11) is 0. The first-order valence-corrected chi connectivity index (χ1v) is 7.57. The van der Waals surface area contributed by atoms with Gasteiger partial charge in [0.05, 0.1) is 11.1 Å².